The van der Waals surface area contributed by atoms with Gasteiger partial charge in [0.1, 0.15) is 0 Å². The maximum Gasteiger partial charge on any atom is 0.0760 e. The molecule has 21 heavy (non-hydrogen) atoms. The molecule has 0 amide bonds. The minimum absolute atomic E-state index is 0.106. The molecule has 1 aliphatic heterocycles. The van der Waals surface area contributed by atoms with Gasteiger partial charge in [-0.15, -0.1) is 0 Å². The zero-order valence-corrected chi connectivity index (χ0v) is 14.3. The van der Waals surface area contributed by atoms with Crippen molar-refractivity contribution in [3.63, 3.8) is 0 Å². The molecule has 1 saturated heterocycles. The topological polar surface area (TPSA) is 24.5 Å². The van der Waals surface area contributed by atoms with E-state index in [0.29, 0.717) is 12.1 Å². The van der Waals surface area contributed by atoms with E-state index in [0.717, 1.165) is 13.1 Å². The first-order chi connectivity index (χ1) is 9.74. The lowest BCUT2D eigenvalue weighted by atomic mass is 9.93. The first-order valence-electron chi connectivity index (χ1n) is 7.90. The molecule has 118 valence electrons. The summed E-state index contributed by atoms with van der Waals surface area (Å²) in [5, 5.41) is 3.49. The lowest BCUT2D eigenvalue weighted by Gasteiger charge is -2.50. The summed E-state index contributed by atoms with van der Waals surface area (Å²) >= 11 is 0. The van der Waals surface area contributed by atoms with E-state index >= 15 is 0 Å². The van der Waals surface area contributed by atoms with Crippen molar-refractivity contribution in [3.8, 4) is 0 Å². The number of nitrogens with zero attached hydrogens (tertiary/aromatic N) is 1. The van der Waals surface area contributed by atoms with Gasteiger partial charge in [-0.25, -0.2) is 0 Å². The van der Waals surface area contributed by atoms with E-state index in [4.69, 9.17) is 4.74 Å². The van der Waals surface area contributed by atoms with Gasteiger partial charge in [-0.1, -0.05) is 30.3 Å². The van der Waals surface area contributed by atoms with E-state index in [1.165, 1.54) is 5.56 Å². The van der Waals surface area contributed by atoms with Gasteiger partial charge in [0.25, 0.3) is 0 Å². The molecular weight excluding hydrogens is 260 g/mol. The van der Waals surface area contributed by atoms with Crippen molar-refractivity contribution in [1.29, 1.82) is 0 Å². The van der Waals surface area contributed by atoms with E-state index in [1.807, 2.05) is 7.05 Å². The minimum Gasteiger partial charge on any atom is -0.367 e. The lowest BCUT2D eigenvalue weighted by molar-refractivity contribution is -0.188. The second-order valence-electron chi connectivity index (χ2n) is 7.44. The van der Waals surface area contributed by atoms with Crippen molar-refractivity contribution in [2.75, 3.05) is 20.1 Å². The van der Waals surface area contributed by atoms with E-state index in [1.54, 1.807) is 0 Å². The fourth-order valence-electron chi connectivity index (χ4n) is 3.69. The van der Waals surface area contributed by atoms with Crippen LogP contribution in [-0.4, -0.2) is 42.3 Å². The molecule has 1 aromatic carbocycles. The molecule has 0 aromatic heterocycles. The van der Waals surface area contributed by atoms with Crippen LogP contribution in [0.5, 0.6) is 0 Å². The number of likely N-dealkylation sites (N-methyl/N-ethyl adjacent to an activating group) is 1. The summed E-state index contributed by atoms with van der Waals surface area (Å²) in [5.74, 6) is 0. The van der Waals surface area contributed by atoms with Gasteiger partial charge in [0, 0.05) is 25.2 Å². The summed E-state index contributed by atoms with van der Waals surface area (Å²) in [6, 6.07) is 11.4. The molecule has 1 N–H and O–H groups in total. The maximum atomic E-state index is 6.20. The molecule has 3 nitrogen and oxygen atoms in total. The SMILES string of the molecule is CNC(c1ccccc1)C(C)N1CC(C)(C)OC(C)(C)C1. The van der Waals surface area contributed by atoms with Crippen LogP contribution in [0.15, 0.2) is 30.3 Å². The number of hydrogen-bond donors (Lipinski definition) is 1. The molecule has 0 saturated carbocycles. The highest BCUT2D eigenvalue weighted by molar-refractivity contribution is 5.20. The molecule has 1 aromatic rings. The Hall–Kier alpha value is -0.900. The standard InChI is InChI=1S/C18H30N2O/c1-14(16(19-6)15-10-8-7-9-11-15)20-12-17(2,3)21-18(4,5)13-20/h7-11,14,16,19H,12-13H2,1-6H3. The molecule has 0 bridgehead atoms. The predicted octanol–water partition coefficient (Wildman–Crippen LogP) is 3.23. The monoisotopic (exact) mass is 290 g/mol. The Kier molecular flexibility index (Phi) is 4.76. The van der Waals surface area contributed by atoms with Gasteiger partial charge in [-0.2, -0.15) is 0 Å². The van der Waals surface area contributed by atoms with Crippen molar-refractivity contribution < 1.29 is 4.74 Å². The van der Waals surface area contributed by atoms with Crippen LogP contribution in [0.2, 0.25) is 0 Å². The summed E-state index contributed by atoms with van der Waals surface area (Å²) in [6.07, 6.45) is 0. The third kappa shape index (κ3) is 4.06. The third-order valence-electron chi connectivity index (χ3n) is 4.25. The van der Waals surface area contributed by atoms with Gasteiger partial charge in [-0.05, 0) is 47.2 Å². The van der Waals surface area contributed by atoms with Gasteiger partial charge in [0.15, 0.2) is 0 Å². The van der Waals surface area contributed by atoms with E-state index in [2.05, 4.69) is 75.2 Å². The minimum atomic E-state index is -0.106. The number of rotatable bonds is 4. The Morgan fingerprint density at radius 1 is 1.05 bits per heavy atom. The molecule has 0 radical (unpaired) electrons. The first kappa shape index (κ1) is 16.5. The molecular formula is C18H30N2O. The summed E-state index contributed by atoms with van der Waals surface area (Å²) < 4.78 is 6.20. The van der Waals surface area contributed by atoms with E-state index in [9.17, 15) is 0 Å². The van der Waals surface area contributed by atoms with E-state index < -0.39 is 0 Å². The number of ether oxygens (including phenoxy) is 1. The van der Waals surface area contributed by atoms with Gasteiger partial charge >= 0.3 is 0 Å². The highest BCUT2D eigenvalue weighted by atomic mass is 16.5. The first-order valence-corrected chi connectivity index (χ1v) is 7.90. The molecule has 2 rings (SSSR count). The van der Waals surface area contributed by atoms with Crippen molar-refractivity contribution in [2.45, 2.75) is 57.9 Å². The quantitative estimate of drug-likeness (QED) is 0.921. The van der Waals surface area contributed by atoms with Gasteiger partial charge in [-0.3, -0.25) is 4.90 Å². The highest BCUT2D eigenvalue weighted by Gasteiger charge is 2.41. The van der Waals surface area contributed by atoms with Crippen LogP contribution in [-0.2, 0) is 4.74 Å². The zero-order chi connectivity index (χ0) is 15.7. The molecule has 1 aliphatic rings. The normalized spacial score (nSPS) is 24.5. The molecule has 3 heteroatoms. The molecule has 1 heterocycles. The Labute approximate surface area is 129 Å². The van der Waals surface area contributed by atoms with E-state index in [-0.39, 0.29) is 11.2 Å². The van der Waals surface area contributed by atoms with Crippen LogP contribution in [0.3, 0.4) is 0 Å². The van der Waals surface area contributed by atoms with Crippen molar-refractivity contribution in [1.82, 2.24) is 10.2 Å². The third-order valence-corrected chi connectivity index (χ3v) is 4.25. The lowest BCUT2D eigenvalue weighted by Crippen LogP contribution is -2.60. The maximum absolute atomic E-state index is 6.20. The molecule has 0 aliphatic carbocycles. The number of nitrogens with one attached hydrogen (secondary N) is 1. The van der Waals surface area contributed by atoms with Crippen LogP contribution in [0.1, 0.15) is 46.2 Å². The molecule has 1 fully saturated rings. The highest BCUT2D eigenvalue weighted by Crippen LogP contribution is 2.32. The van der Waals surface area contributed by atoms with Crippen LogP contribution in [0, 0.1) is 0 Å². The number of morpholine rings is 1. The second-order valence-corrected chi connectivity index (χ2v) is 7.44. The van der Waals surface area contributed by atoms with Crippen LogP contribution < -0.4 is 5.32 Å². The number of benzene rings is 1. The number of hydrogen-bond acceptors (Lipinski definition) is 3. The average Bonchev–Trinajstić information content (AvgIpc) is 2.37. The zero-order valence-electron chi connectivity index (χ0n) is 14.3. The largest absolute Gasteiger partial charge is 0.367 e. The molecule has 0 spiro atoms. The van der Waals surface area contributed by atoms with Crippen LogP contribution in [0.4, 0.5) is 0 Å². The van der Waals surface area contributed by atoms with Crippen molar-refractivity contribution >= 4 is 0 Å². The Bertz CT molecular complexity index is 440. The average molecular weight is 290 g/mol. The van der Waals surface area contributed by atoms with Gasteiger partial charge in [0.2, 0.25) is 0 Å². The summed E-state index contributed by atoms with van der Waals surface area (Å²) in [6.45, 7) is 13.0. The fourth-order valence-corrected chi connectivity index (χ4v) is 3.69. The second kappa shape index (κ2) is 6.07. The van der Waals surface area contributed by atoms with Crippen molar-refractivity contribution in [2.24, 2.45) is 0 Å². The Morgan fingerprint density at radius 3 is 2.05 bits per heavy atom. The predicted molar refractivity (Wildman–Crippen MR) is 88.5 cm³/mol. The van der Waals surface area contributed by atoms with Crippen LogP contribution in [0.25, 0.3) is 0 Å². The van der Waals surface area contributed by atoms with Gasteiger partial charge < -0.3 is 10.1 Å². The van der Waals surface area contributed by atoms with Crippen molar-refractivity contribution in [3.05, 3.63) is 35.9 Å². The Morgan fingerprint density at radius 2 is 1.57 bits per heavy atom. The summed E-state index contributed by atoms with van der Waals surface area (Å²) in [7, 11) is 2.05. The fraction of sp³-hybridized carbons (Fsp3) is 0.667. The van der Waals surface area contributed by atoms with Gasteiger partial charge in [0.05, 0.1) is 11.2 Å². The smallest absolute Gasteiger partial charge is 0.0760 e. The summed E-state index contributed by atoms with van der Waals surface area (Å²) in [4.78, 5) is 2.55. The Balaban J connectivity index is 2.19. The summed E-state index contributed by atoms with van der Waals surface area (Å²) in [5.41, 5.74) is 1.13. The molecule has 2 atom stereocenters. The van der Waals surface area contributed by atoms with Crippen LogP contribution >= 0.6 is 0 Å². The molecule has 2 unspecified atom stereocenters.